The number of aromatic nitrogens is 9. The number of H-pyrrole nitrogens is 3. The molecule has 9 N–H and O–H groups in total. The number of carbonyl (C=O) groups is 8. The van der Waals surface area contributed by atoms with Crippen LogP contribution in [0.3, 0.4) is 0 Å². The summed E-state index contributed by atoms with van der Waals surface area (Å²) < 4.78 is 88.9. The van der Waals surface area contributed by atoms with Gasteiger partial charge in [0.05, 0.1) is 47.4 Å². The van der Waals surface area contributed by atoms with E-state index in [1.54, 1.807) is 72.8 Å². The summed E-state index contributed by atoms with van der Waals surface area (Å²) in [4.78, 5) is 133. The van der Waals surface area contributed by atoms with Gasteiger partial charge in [-0.2, -0.15) is 46.6 Å². The maximum atomic E-state index is 12.3. The standard InChI is InChI=1S/C13H14ClNO4.C11H9ClF3N3O2.C11H7ClF3N3O2.C10H8ClN3O3.C7H7ClN2O.C4H5NO3.C3H5ClO2.B.Na.H2.H/c1-19-12(17)7-6-11(16)8-15-13(18)9-2-4-10(14)5-3-9;2*12-7-3-1-6(2-4-7)9-16-17-10(20)18(9)5-8(19)11(13,14)15;11-7-3-1-6(2-4-7)9-12-13-10(17)14(9)5-8(15)16;8-6-3-1-5(2-4-6)7(11)10-9;1-8-4(7)2-5-3-6;1-6-3(5)2-4;;;;/h2-5H,6-8H2,1H3,(H,15,18);1-4,8,19H,5H2,(H,17,20);1-4H,5H2,(H,17,20);1-4H,5H2,(H,13,17)(H,15,16);1-4H,9H2,(H,10,11);2H2,1H3;2H2,1H3;;;1H;/q;;;;;;;;+1;;-1/i;;;;;;;;;1+1;. The maximum Gasteiger partial charge on any atom is 1.00 e. The van der Waals surface area contributed by atoms with Gasteiger partial charge in [0.15, 0.2) is 29.4 Å². The second kappa shape index (κ2) is 47.9. The quantitative estimate of drug-likeness (QED) is 0.00536. The van der Waals surface area contributed by atoms with Crippen LogP contribution in [0, 0.1) is 0 Å². The number of aliphatic carboxylic acids is 1. The molecule has 0 aliphatic heterocycles. The zero-order chi connectivity index (χ0) is 76.2. The number of aliphatic hydroxyl groups excluding tert-OH is 1. The molecule has 8 aromatic rings. The number of nitrogens with two attached hydrogens (primary N) is 1. The first-order chi connectivity index (χ1) is 47.5. The number of amides is 2. The van der Waals surface area contributed by atoms with Crippen LogP contribution in [0.25, 0.3) is 34.2 Å². The van der Waals surface area contributed by atoms with Gasteiger partial charge in [-0.3, -0.25) is 57.5 Å². The van der Waals surface area contributed by atoms with Crippen LogP contribution in [-0.4, -0.2) is 175 Å². The fourth-order valence-corrected chi connectivity index (χ4v) is 7.47. The molecule has 0 aliphatic rings. The number of nitrogens with zero attached hydrogens (tertiary/aromatic N) is 7. The molecule has 5 aromatic carbocycles. The fraction of sp³-hybridized carbons (Fsp3) is 0.237. The van der Waals surface area contributed by atoms with Gasteiger partial charge in [-0.25, -0.2) is 40.3 Å². The number of benzene rings is 5. The number of hydrogen-bond acceptors (Lipinski definition) is 21. The van der Waals surface area contributed by atoms with Gasteiger partial charge in [0.25, 0.3) is 17.6 Å². The number of aliphatic hydroxyl groups is 1. The summed E-state index contributed by atoms with van der Waals surface area (Å²) in [7, 11) is 3.78. The smallest absolute Gasteiger partial charge is 1.00 e. The Morgan fingerprint density at radius 2 is 0.942 bits per heavy atom. The van der Waals surface area contributed by atoms with Gasteiger partial charge in [-0.05, 0) is 121 Å². The Hall–Kier alpha value is -9.24. The van der Waals surface area contributed by atoms with Gasteiger partial charge in [0.1, 0.15) is 19.0 Å². The van der Waals surface area contributed by atoms with Gasteiger partial charge >= 0.3 is 82.9 Å². The number of aromatic amines is 3. The Balaban J connectivity index is -0.00000118. The van der Waals surface area contributed by atoms with Gasteiger partial charge in [-0.15, -0.1) is 11.6 Å². The molecule has 0 spiro atoms. The van der Waals surface area contributed by atoms with Gasteiger partial charge in [0, 0.05) is 69.2 Å². The summed E-state index contributed by atoms with van der Waals surface area (Å²) in [5, 5.41) is 40.1. The monoisotopic (exact) mass is 1580 g/mol. The zero-order valence-electron chi connectivity index (χ0n) is 54.6. The number of nitrogens with one attached hydrogen (secondary N) is 5. The van der Waals surface area contributed by atoms with Crippen LogP contribution in [-0.2, 0) is 67.4 Å². The number of ketones is 2. The molecule has 3 heterocycles. The largest absolute Gasteiger partial charge is 1.00 e. The van der Waals surface area contributed by atoms with E-state index < -0.39 is 84.8 Å². The van der Waals surface area contributed by atoms with E-state index in [9.17, 15) is 83.9 Å². The first-order valence-corrected chi connectivity index (χ1v) is 29.9. The van der Waals surface area contributed by atoms with E-state index in [0.717, 1.165) is 9.13 Å². The number of halogens is 12. The molecule has 103 heavy (non-hydrogen) atoms. The molecule has 8 rings (SSSR count). The van der Waals surface area contributed by atoms with Crippen molar-refractivity contribution in [2.24, 2.45) is 10.8 Å². The number of carbonyl (C=O) groups excluding carboxylic acids is 8. The third-order valence-corrected chi connectivity index (χ3v) is 13.2. The van der Waals surface area contributed by atoms with Crippen LogP contribution < -0.4 is 63.2 Å². The Labute approximate surface area is 633 Å². The summed E-state index contributed by atoms with van der Waals surface area (Å²) >= 11 is 33.4. The summed E-state index contributed by atoms with van der Waals surface area (Å²) in [6, 6.07) is 31.4. The molecule has 549 valence electrons. The van der Waals surface area contributed by atoms with E-state index in [2.05, 4.69) is 50.0 Å². The number of nitrogen functional groups attached to an aromatic ring is 1. The number of isocyanates is 1. The second-order valence-corrected chi connectivity index (χ2v) is 21.2. The number of hydrazine groups is 1. The van der Waals surface area contributed by atoms with Crippen molar-refractivity contribution in [2.45, 2.75) is 50.9 Å². The minimum Gasteiger partial charge on any atom is -1.00 e. The summed E-state index contributed by atoms with van der Waals surface area (Å²) in [5.74, 6) is -0.364. The third kappa shape index (κ3) is 35.0. The van der Waals surface area contributed by atoms with E-state index in [-0.39, 0.29) is 108 Å². The number of hydrogen-bond donors (Lipinski definition) is 8. The average molecular weight is 1580 g/mol. The fourth-order valence-electron chi connectivity index (χ4n) is 6.73. The molecule has 1 unspecified atom stereocenters. The summed E-state index contributed by atoms with van der Waals surface area (Å²) in [6.07, 6.45) is -11.2. The van der Waals surface area contributed by atoms with Crippen LogP contribution in [0.5, 0.6) is 0 Å². The number of rotatable bonds is 19. The third-order valence-electron chi connectivity index (χ3n) is 11.7. The van der Waals surface area contributed by atoms with E-state index in [4.69, 9.17) is 85.7 Å². The number of carboxylic acids is 1. The van der Waals surface area contributed by atoms with E-state index >= 15 is 0 Å². The van der Waals surface area contributed by atoms with E-state index in [1.807, 2.05) is 10.5 Å². The van der Waals surface area contributed by atoms with Crippen molar-refractivity contribution >= 4 is 131 Å². The van der Waals surface area contributed by atoms with Crippen LogP contribution in [0.15, 0.2) is 141 Å². The molecule has 2 amide bonds. The second-order valence-electron chi connectivity index (χ2n) is 18.7. The topological polar surface area (TPSA) is 436 Å². The van der Waals surface area contributed by atoms with Crippen molar-refractivity contribution in [3.05, 3.63) is 189 Å². The number of alkyl halides is 7. The normalized spacial score (nSPS) is 10.4. The number of esters is 3. The van der Waals surface area contributed by atoms with Gasteiger partial charge in [0.2, 0.25) is 6.08 Å². The first kappa shape index (κ1) is 93.8. The van der Waals surface area contributed by atoms with Crippen LogP contribution in [0.1, 0.15) is 36.4 Å². The molecule has 1 atom stereocenters. The first-order valence-electron chi connectivity index (χ1n) is 27.5. The predicted octanol–water partition coefficient (Wildman–Crippen LogP) is 4.23. The number of Topliss-reactive ketones (excluding diaryl/α,β-unsaturated/α-hetero) is 2. The molecular weight excluding hydrogens is 1520 g/mol. The van der Waals surface area contributed by atoms with E-state index in [0.29, 0.717) is 57.5 Å². The van der Waals surface area contributed by atoms with Gasteiger partial charge in [-0.1, -0.05) is 58.0 Å². The number of methoxy groups -OCH3 is 3. The zero-order valence-corrected chi connectivity index (χ0v) is 60.2. The number of ether oxygens (including phenoxy) is 3. The molecule has 0 saturated carbocycles. The Morgan fingerprint density at radius 3 is 1.26 bits per heavy atom. The number of carboxylic acid groups (broad SMARTS) is 1. The molecule has 3 aromatic heterocycles. The number of aliphatic imine (C=N–C) groups is 1. The molecule has 30 nitrogen and oxygen atoms in total. The van der Waals surface area contributed by atoms with Crippen LogP contribution >= 0.6 is 69.6 Å². The SMILES string of the molecule is COC(=O)CCC(=O)CNC(=O)c1ccc(Cl)cc1.COC(=O)CCl.COC(=O)CN=C=O.NNC(=O)c1ccc(Cl)cc1.O=C(Cn1c(-c2ccc(Cl)cc2)n[nH]c1=O)C(F)(F)F.O=C(O)Cn1c(-c2ccc(Cl)cc2)n[nH]c1=O.O=c1[nH]nc(-c2ccc(Cl)cc2)n1CC(O)C(F)(F)F.[2HH].[B].[H-].[Na+]. The van der Waals surface area contributed by atoms with Crippen molar-refractivity contribution in [3.63, 3.8) is 0 Å². The summed E-state index contributed by atoms with van der Waals surface area (Å²) in [6.45, 7) is -2.85. The van der Waals surface area contributed by atoms with Crippen molar-refractivity contribution < 1.29 is 126 Å². The van der Waals surface area contributed by atoms with Crippen LogP contribution in [0.4, 0.5) is 26.3 Å². The van der Waals surface area contributed by atoms with Crippen molar-refractivity contribution in [3.8, 4) is 34.2 Å². The summed E-state index contributed by atoms with van der Waals surface area (Å²) in [5.41, 5.74) is 2.04. The Kier molecular flexibility index (Phi) is 43.6. The molecular formula is C59H58BCl6F6N13NaO17. The molecule has 0 saturated heterocycles. The van der Waals surface area contributed by atoms with Crippen molar-refractivity contribution in [1.82, 2.24) is 55.0 Å². The molecule has 44 heteroatoms. The average Bonchev–Trinajstić information content (AvgIpc) is 1.73. The molecule has 0 bridgehead atoms. The molecule has 0 fully saturated rings. The maximum absolute atomic E-state index is 12.3. The van der Waals surface area contributed by atoms with Gasteiger partial charge < -0.3 is 31.2 Å². The Bertz CT molecular complexity index is 4290. The predicted molar refractivity (Wildman–Crippen MR) is 361 cm³/mol. The Morgan fingerprint density at radius 1 is 0.592 bits per heavy atom. The minimum atomic E-state index is -5.01. The molecule has 0 aliphatic carbocycles. The minimum absolute atomic E-state index is 0. The molecule has 3 radical (unpaired) electrons. The van der Waals surface area contributed by atoms with Crippen molar-refractivity contribution in [2.75, 3.05) is 40.3 Å². The van der Waals surface area contributed by atoms with Crippen molar-refractivity contribution in [1.29, 1.82) is 0 Å². The van der Waals surface area contributed by atoms with E-state index in [1.165, 1.54) is 75.9 Å². The van der Waals surface area contributed by atoms with Crippen LogP contribution in [0.2, 0.25) is 25.1 Å².